The molecule has 0 spiro atoms. The maximum Gasteiger partial charge on any atom is 0.574 e. The summed E-state index contributed by atoms with van der Waals surface area (Å²) < 4.78 is 63.2. The van der Waals surface area contributed by atoms with Crippen molar-refractivity contribution < 1.29 is 31.8 Å². The minimum absolute atomic E-state index is 0.176. The van der Waals surface area contributed by atoms with Crippen molar-refractivity contribution in [1.29, 1.82) is 0 Å². The first-order valence-corrected chi connectivity index (χ1v) is 3.95. The molecule has 0 aliphatic heterocycles. The van der Waals surface area contributed by atoms with Gasteiger partial charge in [-0.15, -0.1) is 13.2 Å². The third-order valence-electron chi connectivity index (χ3n) is 1.61. The third-order valence-corrected chi connectivity index (χ3v) is 1.61. The van der Waals surface area contributed by atoms with Crippen LogP contribution in [0.1, 0.15) is 17.7 Å². The SMILES string of the molecule is Cc1cc(C(F)F)nc(OC(F)(F)F)c1O. The van der Waals surface area contributed by atoms with Crippen LogP contribution in [-0.2, 0) is 0 Å². The van der Waals surface area contributed by atoms with Crippen LogP contribution in [0.15, 0.2) is 6.07 Å². The summed E-state index contributed by atoms with van der Waals surface area (Å²) in [5.74, 6) is -2.19. The Balaban J connectivity index is 3.17. The van der Waals surface area contributed by atoms with Crippen molar-refractivity contribution in [3.05, 3.63) is 17.3 Å². The molecular formula is C8H6F5NO2. The Kier molecular flexibility index (Phi) is 3.20. The van der Waals surface area contributed by atoms with E-state index in [-0.39, 0.29) is 5.56 Å². The Morgan fingerprint density at radius 1 is 1.38 bits per heavy atom. The number of aromatic nitrogens is 1. The molecule has 0 unspecified atom stereocenters. The second-order valence-electron chi connectivity index (χ2n) is 2.87. The van der Waals surface area contributed by atoms with E-state index in [1.807, 2.05) is 0 Å². The lowest BCUT2D eigenvalue weighted by atomic mass is 10.2. The van der Waals surface area contributed by atoms with E-state index in [0.29, 0.717) is 0 Å². The highest BCUT2D eigenvalue weighted by atomic mass is 19.4. The van der Waals surface area contributed by atoms with E-state index in [4.69, 9.17) is 5.11 Å². The second-order valence-corrected chi connectivity index (χ2v) is 2.87. The van der Waals surface area contributed by atoms with Crippen molar-refractivity contribution in [3.8, 4) is 11.6 Å². The highest BCUT2D eigenvalue weighted by molar-refractivity contribution is 5.41. The molecule has 0 aliphatic rings. The number of aryl methyl sites for hydroxylation is 1. The van der Waals surface area contributed by atoms with Crippen LogP contribution in [0.25, 0.3) is 0 Å². The summed E-state index contributed by atoms with van der Waals surface area (Å²) in [4.78, 5) is 2.88. The summed E-state index contributed by atoms with van der Waals surface area (Å²) in [6.45, 7) is 1.16. The van der Waals surface area contributed by atoms with Crippen LogP contribution in [0.5, 0.6) is 11.6 Å². The molecule has 0 aromatic carbocycles. The Morgan fingerprint density at radius 2 is 1.94 bits per heavy atom. The van der Waals surface area contributed by atoms with Gasteiger partial charge in [0.05, 0.1) is 0 Å². The number of hydrogen-bond acceptors (Lipinski definition) is 3. The molecule has 0 amide bonds. The third kappa shape index (κ3) is 2.94. The predicted octanol–water partition coefficient (Wildman–Crippen LogP) is 2.93. The summed E-state index contributed by atoms with van der Waals surface area (Å²) in [6.07, 6.45) is -8.15. The van der Waals surface area contributed by atoms with Crippen molar-refractivity contribution in [1.82, 2.24) is 4.98 Å². The molecule has 1 N–H and O–H groups in total. The number of hydrogen-bond donors (Lipinski definition) is 1. The summed E-state index contributed by atoms with van der Waals surface area (Å²) >= 11 is 0. The van der Waals surface area contributed by atoms with Gasteiger partial charge in [-0.25, -0.2) is 13.8 Å². The van der Waals surface area contributed by atoms with E-state index in [2.05, 4.69) is 9.72 Å². The van der Waals surface area contributed by atoms with Crippen molar-refractivity contribution >= 4 is 0 Å². The highest BCUT2D eigenvalue weighted by Gasteiger charge is 2.34. The zero-order valence-corrected chi connectivity index (χ0v) is 7.85. The average molecular weight is 243 g/mol. The number of nitrogens with zero attached hydrogens (tertiary/aromatic N) is 1. The lowest BCUT2D eigenvalue weighted by Gasteiger charge is -2.12. The van der Waals surface area contributed by atoms with E-state index < -0.39 is 30.1 Å². The smallest absolute Gasteiger partial charge is 0.503 e. The fourth-order valence-corrected chi connectivity index (χ4v) is 0.954. The van der Waals surface area contributed by atoms with Crippen molar-refractivity contribution in [2.75, 3.05) is 0 Å². The number of ether oxygens (including phenoxy) is 1. The van der Waals surface area contributed by atoms with E-state index in [1.54, 1.807) is 0 Å². The van der Waals surface area contributed by atoms with Gasteiger partial charge in [-0.05, 0) is 18.6 Å². The van der Waals surface area contributed by atoms with Gasteiger partial charge in [-0.1, -0.05) is 0 Å². The maximum absolute atomic E-state index is 12.2. The van der Waals surface area contributed by atoms with E-state index in [1.165, 1.54) is 0 Å². The minimum atomic E-state index is -5.10. The molecule has 0 atom stereocenters. The first-order chi connectivity index (χ1) is 7.20. The lowest BCUT2D eigenvalue weighted by molar-refractivity contribution is -0.276. The monoisotopic (exact) mass is 243 g/mol. The molecule has 3 nitrogen and oxygen atoms in total. The number of alkyl halides is 5. The second kappa shape index (κ2) is 4.11. The Bertz CT molecular complexity index is 391. The van der Waals surface area contributed by atoms with Crippen LogP contribution in [-0.4, -0.2) is 16.5 Å². The summed E-state index contributed by atoms with van der Waals surface area (Å²) in [6, 6.07) is 0.781. The summed E-state index contributed by atoms with van der Waals surface area (Å²) in [5.41, 5.74) is -1.07. The van der Waals surface area contributed by atoms with Crippen LogP contribution in [0.3, 0.4) is 0 Å². The van der Waals surface area contributed by atoms with Crippen molar-refractivity contribution in [3.63, 3.8) is 0 Å². The summed E-state index contributed by atoms with van der Waals surface area (Å²) in [5, 5.41) is 9.13. The van der Waals surface area contributed by atoms with Gasteiger partial charge < -0.3 is 9.84 Å². The number of halogens is 5. The van der Waals surface area contributed by atoms with Gasteiger partial charge in [-0.3, -0.25) is 0 Å². The normalized spacial score (nSPS) is 11.9. The predicted molar refractivity (Wildman–Crippen MR) is 42.3 cm³/mol. The van der Waals surface area contributed by atoms with Crippen molar-refractivity contribution in [2.24, 2.45) is 0 Å². The lowest BCUT2D eigenvalue weighted by Crippen LogP contribution is -2.18. The van der Waals surface area contributed by atoms with Gasteiger partial charge >= 0.3 is 6.36 Å². The molecule has 1 heterocycles. The van der Waals surface area contributed by atoms with Gasteiger partial charge in [0.2, 0.25) is 0 Å². The molecule has 1 rings (SSSR count). The average Bonchev–Trinajstić information content (AvgIpc) is 2.10. The first-order valence-electron chi connectivity index (χ1n) is 3.95. The Morgan fingerprint density at radius 3 is 2.38 bits per heavy atom. The first kappa shape index (κ1) is 12.5. The van der Waals surface area contributed by atoms with Crippen LogP contribution in [0.4, 0.5) is 22.0 Å². The topological polar surface area (TPSA) is 42.4 Å². The largest absolute Gasteiger partial charge is 0.574 e. The summed E-state index contributed by atoms with van der Waals surface area (Å²) in [7, 11) is 0. The van der Waals surface area contributed by atoms with Gasteiger partial charge in [0.1, 0.15) is 5.69 Å². The molecule has 0 fully saturated rings. The fourth-order valence-electron chi connectivity index (χ4n) is 0.954. The molecule has 1 aromatic rings. The van der Waals surface area contributed by atoms with Gasteiger partial charge in [0, 0.05) is 0 Å². The molecule has 0 radical (unpaired) electrons. The van der Waals surface area contributed by atoms with Crippen LogP contribution in [0.2, 0.25) is 0 Å². The highest BCUT2D eigenvalue weighted by Crippen LogP contribution is 2.34. The molecule has 0 saturated heterocycles. The van der Waals surface area contributed by atoms with E-state index >= 15 is 0 Å². The van der Waals surface area contributed by atoms with Gasteiger partial charge in [-0.2, -0.15) is 0 Å². The van der Waals surface area contributed by atoms with E-state index in [0.717, 1.165) is 13.0 Å². The molecule has 0 saturated carbocycles. The fraction of sp³-hybridized carbons (Fsp3) is 0.375. The molecule has 16 heavy (non-hydrogen) atoms. The molecule has 0 bridgehead atoms. The number of aromatic hydroxyl groups is 1. The Labute approximate surface area is 86.5 Å². The Hall–Kier alpha value is -1.60. The molecule has 90 valence electrons. The zero-order chi connectivity index (χ0) is 12.5. The molecule has 1 aromatic heterocycles. The minimum Gasteiger partial charge on any atom is -0.503 e. The van der Waals surface area contributed by atoms with E-state index in [9.17, 15) is 22.0 Å². The number of pyridine rings is 1. The van der Waals surface area contributed by atoms with Gasteiger partial charge in [0.25, 0.3) is 12.3 Å². The van der Waals surface area contributed by atoms with Crippen molar-refractivity contribution in [2.45, 2.75) is 19.7 Å². The molecule has 8 heteroatoms. The zero-order valence-electron chi connectivity index (χ0n) is 7.85. The van der Waals surface area contributed by atoms with Crippen LogP contribution in [0, 0.1) is 6.92 Å². The quantitative estimate of drug-likeness (QED) is 0.812. The van der Waals surface area contributed by atoms with Crippen LogP contribution >= 0.6 is 0 Å². The van der Waals surface area contributed by atoms with Crippen LogP contribution < -0.4 is 4.74 Å². The maximum atomic E-state index is 12.2. The standard InChI is InChI=1S/C8H6F5NO2/c1-3-2-4(6(9)10)14-7(5(3)15)16-8(11,12)13/h2,6,15H,1H3. The van der Waals surface area contributed by atoms with Gasteiger partial charge in [0.15, 0.2) is 5.75 Å². The molecule has 0 aliphatic carbocycles. The molecular weight excluding hydrogens is 237 g/mol. The number of rotatable bonds is 2.